The predicted molar refractivity (Wildman–Crippen MR) is 228 cm³/mol. The quantitative estimate of drug-likeness (QED) is 0.131. The van der Waals surface area contributed by atoms with E-state index in [0.717, 1.165) is 43.9 Å². The number of hydrogen-bond donors (Lipinski definition) is 3. The molecule has 2 heterocycles. The van der Waals surface area contributed by atoms with E-state index in [9.17, 15) is 32.4 Å². The largest absolute Gasteiger partial charge is 0.465 e. The van der Waals surface area contributed by atoms with Crippen molar-refractivity contribution in [2.45, 2.75) is 135 Å². The molecule has 2 atom stereocenters. The van der Waals surface area contributed by atoms with Crippen LogP contribution < -0.4 is 15.4 Å². The number of nitrogens with one attached hydrogen (secondary N) is 3. The Hall–Kier alpha value is -4.44. The number of carbonyl (C=O) groups excluding carboxylic acids is 5. The summed E-state index contributed by atoms with van der Waals surface area (Å²) in [6.45, 7) is 16.1. The number of ether oxygens (including phenoxy) is 3. The van der Waals surface area contributed by atoms with Gasteiger partial charge in [-0.05, 0) is 141 Å². The highest BCUT2D eigenvalue weighted by molar-refractivity contribution is 7.89. The third-order valence-electron chi connectivity index (χ3n) is 10.9. The summed E-state index contributed by atoms with van der Waals surface area (Å²) < 4.78 is 45.4. The highest BCUT2D eigenvalue weighted by atomic mass is 32.2. The summed E-state index contributed by atoms with van der Waals surface area (Å²) in [4.78, 5) is 68.9. The van der Waals surface area contributed by atoms with E-state index in [2.05, 4.69) is 15.4 Å². The van der Waals surface area contributed by atoms with Gasteiger partial charge in [-0.25, -0.2) is 18.0 Å². The molecule has 2 aliphatic rings. The lowest BCUT2D eigenvalue weighted by Crippen LogP contribution is -2.53. The molecule has 60 heavy (non-hydrogen) atoms. The van der Waals surface area contributed by atoms with Crippen LogP contribution in [0.1, 0.15) is 107 Å². The summed E-state index contributed by atoms with van der Waals surface area (Å²) in [7, 11) is -4.20. The van der Waals surface area contributed by atoms with Crippen LogP contribution in [0.2, 0.25) is 0 Å². The lowest BCUT2D eigenvalue weighted by Gasteiger charge is -2.34. The van der Waals surface area contributed by atoms with Gasteiger partial charge in [0, 0.05) is 38.6 Å². The Morgan fingerprint density at radius 3 is 1.73 bits per heavy atom. The molecule has 15 nitrogen and oxygen atoms in total. The van der Waals surface area contributed by atoms with E-state index in [1.807, 2.05) is 53.7 Å². The predicted octanol–water partition coefficient (Wildman–Crippen LogP) is 6.14. The Balaban J connectivity index is 1.36. The first-order chi connectivity index (χ1) is 28.1. The zero-order chi connectivity index (χ0) is 44.3. The van der Waals surface area contributed by atoms with E-state index in [1.165, 1.54) is 12.1 Å². The minimum atomic E-state index is -4.20. The first kappa shape index (κ1) is 48.2. The smallest absolute Gasteiger partial charge is 0.410 e. The molecule has 3 N–H and O–H groups in total. The Labute approximate surface area is 356 Å². The molecular weight excluding hydrogens is 791 g/mol. The van der Waals surface area contributed by atoms with E-state index >= 15 is 0 Å². The fourth-order valence-corrected chi connectivity index (χ4v) is 8.72. The van der Waals surface area contributed by atoms with Crippen LogP contribution in [0.15, 0.2) is 47.4 Å². The average Bonchev–Trinajstić information content (AvgIpc) is 3.18. The number of benzene rings is 2. The lowest BCUT2D eigenvalue weighted by molar-refractivity contribution is -0.145. The van der Waals surface area contributed by atoms with Crippen LogP contribution in [0.3, 0.4) is 0 Å². The molecule has 2 aromatic rings. The van der Waals surface area contributed by atoms with Crippen molar-refractivity contribution in [3.63, 3.8) is 0 Å². The maximum absolute atomic E-state index is 13.9. The molecule has 4 rings (SSSR count). The molecule has 4 amide bonds. The highest BCUT2D eigenvalue weighted by Gasteiger charge is 2.32. The number of rotatable bonds is 16. The molecule has 2 unspecified atom stereocenters. The number of nitrogens with zero attached hydrogens (tertiary/aromatic N) is 2. The second-order valence-electron chi connectivity index (χ2n) is 18.1. The zero-order valence-electron chi connectivity index (χ0n) is 36.7. The van der Waals surface area contributed by atoms with Gasteiger partial charge in [0.05, 0.1) is 11.5 Å². The average molecular weight is 858 g/mol. The molecule has 0 radical (unpaired) electrons. The van der Waals surface area contributed by atoms with Gasteiger partial charge in [-0.3, -0.25) is 14.4 Å². The van der Waals surface area contributed by atoms with Crippen molar-refractivity contribution in [2.24, 2.45) is 17.8 Å². The minimum absolute atomic E-state index is 0.000535. The molecule has 0 bridgehead atoms. The molecule has 0 aliphatic carbocycles. The van der Waals surface area contributed by atoms with Crippen molar-refractivity contribution in [3.8, 4) is 0 Å². The molecule has 0 aromatic heterocycles. The van der Waals surface area contributed by atoms with Crippen LogP contribution in [0.4, 0.5) is 9.59 Å². The molecular formula is C44H67N5O10S. The Morgan fingerprint density at radius 2 is 1.25 bits per heavy atom. The molecule has 0 spiro atoms. The van der Waals surface area contributed by atoms with Crippen molar-refractivity contribution in [1.29, 1.82) is 0 Å². The van der Waals surface area contributed by atoms with Gasteiger partial charge in [-0.2, -0.15) is 4.72 Å². The van der Waals surface area contributed by atoms with Crippen LogP contribution >= 0.6 is 0 Å². The van der Waals surface area contributed by atoms with Crippen LogP contribution in [-0.4, -0.2) is 111 Å². The summed E-state index contributed by atoms with van der Waals surface area (Å²) >= 11 is 0. The van der Waals surface area contributed by atoms with E-state index < -0.39 is 57.6 Å². The normalized spacial score (nSPS) is 16.9. The van der Waals surface area contributed by atoms with Crippen molar-refractivity contribution >= 4 is 50.8 Å². The standard InChI is InChI=1S/C44H67N5O10S/c1-9-57-40(52)37(47-60(55,56)36-19-18-33-12-10-11-13-35(33)28-36)29-45-38(50)30(2)46-39(51)34(16-14-31-20-24-48(25-21-31)41(53)58-43(3,4)5)17-15-32-22-26-49(27-23-32)42(54)59-44(6,7)8/h10-13,18-19,28,30-32,34,37,47H,9,14-17,20-27,29H2,1-8H3,(H,45,50)(H,46,51). The van der Waals surface area contributed by atoms with Crippen molar-refractivity contribution < 1.29 is 46.6 Å². The Bertz CT molecular complexity index is 1840. The van der Waals surface area contributed by atoms with Gasteiger partial charge in [0.2, 0.25) is 21.8 Å². The van der Waals surface area contributed by atoms with Crippen molar-refractivity contribution in [2.75, 3.05) is 39.3 Å². The van der Waals surface area contributed by atoms with Gasteiger partial charge in [-0.15, -0.1) is 0 Å². The lowest BCUT2D eigenvalue weighted by atomic mass is 9.84. The van der Waals surface area contributed by atoms with Crippen LogP contribution in [0.5, 0.6) is 0 Å². The fraction of sp³-hybridized carbons (Fsp3) is 0.659. The van der Waals surface area contributed by atoms with Crippen molar-refractivity contribution in [3.05, 3.63) is 42.5 Å². The van der Waals surface area contributed by atoms with Gasteiger partial charge in [-0.1, -0.05) is 30.3 Å². The molecule has 2 saturated heterocycles. The summed E-state index contributed by atoms with van der Waals surface area (Å²) in [6.07, 6.45) is 5.27. The Kier molecular flexibility index (Phi) is 17.2. The molecule has 334 valence electrons. The summed E-state index contributed by atoms with van der Waals surface area (Å²) in [6, 6.07) is 9.49. The van der Waals surface area contributed by atoms with Crippen LogP contribution in [-0.2, 0) is 38.6 Å². The fourth-order valence-electron chi connectivity index (χ4n) is 7.50. The molecule has 2 aliphatic heterocycles. The highest BCUT2D eigenvalue weighted by Crippen LogP contribution is 2.30. The summed E-state index contributed by atoms with van der Waals surface area (Å²) in [5.41, 5.74) is -1.15. The topological polar surface area (TPSA) is 190 Å². The number of sulfonamides is 1. The van der Waals surface area contributed by atoms with E-state index in [-0.39, 0.29) is 29.6 Å². The second kappa shape index (κ2) is 21.4. The van der Waals surface area contributed by atoms with Crippen LogP contribution in [0, 0.1) is 17.8 Å². The van der Waals surface area contributed by atoms with Gasteiger partial charge in [0.15, 0.2) is 0 Å². The number of hydrogen-bond acceptors (Lipinski definition) is 10. The van der Waals surface area contributed by atoms with E-state index in [0.29, 0.717) is 56.2 Å². The molecule has 0 saturated carbocycles. The third kappa shape index (κ3) is 15.2. The number of fused-ring (bicyclic) bond motifs is 1. The number of likely N-dealkylation sites (tertiary alicyclic amines) is 2. The zero-order valence-corrected chi connectivity index (χ0v) is 37.5. The van der Waals surface area contributed by atoms with Gasteiger partial charge >= 0.3 is 18.2 Å². The number of carbonyl (C=O) groups is 5. The monoisotopic (exact) mass is 857 g/mol. The van der Waals surface area contributed by atoms with Crippen LogP contribution in [0.25, 0.3) is 10.8 Å². The number of esters is 1. The van der Waals surface area contributed by atoms with Gasteiger partial charge in [0.25, 0.3) is 0 Å². The van der Waals surface area contributed by atoms with Crippen molar-refractivity contribution in [1.82, 2.24) is 25.2 Å². The first-order valence-corrected chi connectivity index (χ1v) is 22.8. The molecule has 2 aromatic carbocycles. The third-order valence-corrected chi connectivity index (χ3v) is 12.4. The Morgan fingerprint density at radius 1 is 0.750 bits per heavy atom. The van der Waals surface area contributed by atoms with Gasteiger partial charge < -0.3 is 34.6 Å². The van der Waals surface area contributed by atoms with E-state index in [4.69, 9.17) is 14.2 Å². The SMILES string of the molecule is CCOC(=O)C(CNC(=O)C(C)NC(=O)C(CCC1CCN(C(=O)OC(C)(C)C)CC1)CCC1CCN(C(=O)OC(C)(C)C)CC1)NS(=O)(=O)c1ccc2ccccc2c1. The summed E-state index contributed by atoms with van der Waals surface area (Å²) in [5, 5.41) is 7.05. The summed E-state index contributed by atoms with van der Waals surface area (Å²) in [5.74, 6) is -1.48. The molecule has 2 fully saturated rings. The number of amides is 4. The van der Waals surface area contributed by atoms with Gasteiger partial charge in [0.1, 0.15) is 23.3 Å². The van der Waals surface area contributed by atoms with E-state index in [1.54, 1.807) is 41.8 Å². The maximum Gasteiger partial charge on any atom is 0.410 e. The first-order valence-electron chi connectivity index (χ1n) is 21.4. The second-order valence-corrected chi connectivity index (χ2v) is 19.8. The minimum Gasteiger partial charge on any atom is -0.465 e. The maximum atomic E-state index is 13.9. The molecule has 16 heteroatoms. The number of piperidine rings is 2.